The Hall–Kier alpha value is -2.49. The van der Waals surface area contributed by atoms with Crippen LogP contribution < -0.4 is 15.4 Å². The average Bonchev–Trinajstić information content (AvgIpc) is 2.82. The Bertz CT molecular complexity index is 687. The highest BCUT2D eigenvalue weighted by Crippen LogP contribution is 2.41. The van der Waals surface area contributed by atoms with E-state index in [9.17, 15) is 4.79 Å². The molecular formula is C17H16N2O2. The SMILES string of the molecule is O=C1CCNc2c(cccc2C2Cc3ccccc3O2)N1. The molecule has 2 aromatic rings. The molecule has 2 aromatic carbocycles. The fourth-order valence-electron chi connectivity index (χ4n) is 3.01. The van der Waals surface area contributed by atoms with Gasteiger partial charge in [-0.3, -0.25) is 4.79 Å². The quantitative estimate of drug-likeness (QED) is 0.844. The fraction of sp³-hybridized carbons (Fsp3) is 0.235. The molecule has 4 rings (SSSR count). The summed E-state index contributed by atoms with van der Waals surface area (Å²) >= 11 is 0. The largest absolute Gasteiger partial charge is 0.485 e. The van der Waals surface area contributed by atoms with Crippen LogP contribution in [0.15, 0.2) is 42.5 Å². The van der Waals surface area contributed by atoms with Gasteiger partial charge >= 0.3 is 0 Å². The Labute approximate surface area is 123 Å². The highest BCUT2D eigenvalue weighted by molar-refractivity contribution is 5.96. The Morgan fingerprint density at radius 1 is 1.10 bits per heavy atom. The number of anilines is 2. The van der Waals surface area contributed by atoms with E-state index in [4.69, 9.17) is 4.74 Å². The summed E-state index contributed by atoms with van der Waals surface area (Å²) in [6.07, 6.45) is 1.35. The van der Waals surface area contributed by atoms with Gasteiger partial charge in [0.2, 0.25) is 5.91 Å². The van der Waals surface area contributed by atoms with Crippen LogP contribution in [0.25, 0.3) is 0 Å². The van der Waals surface area contributed by atoms with Crippen LogP contribution in [0, 0.1) is 0 Å². The monoisotopic (exact) mass is 280 g/mol. The summed E-state index contributed by atoms with van der Waals surface area (Å²) in [6, 6.07) is 14.1. The molecule has 0 radical (unpaired) electrons. The zero-order chi connectivity index (χ0) is 14.2. The number of ether oxygens (including phenoxy) is 1. The summed E-state index contributed by atoms with van der Waals surface area (Å²) in [7, 11) is 0. The van der Waals surface area contributed by atoms with Crippen molar-refractivity contribution in [3.63, 3.8) is 0 Å². The molecule has 1 amide bonds. The molecule has 0 spiro atoms. The van der Waals surface area contributed by atoms with Crippen LogP contribution in [-0.2, 0) is 11.2 Å². The van der Waals surface area contributed by atoms with Gasteiger partial charge in [0.15, 0.2) is 0 Å². The summed E-state index contributed by atoms with van der Waals surface area (Å²) in [6.45, 7) is 0.648. The molecule has 4 nitrogen and oxygen atoms in total. The predicted molar refractivity (Wildman–Crippen MR) is 81.7 cm³/mol. The molecule has 2 heterocycles. The smallest absolute Gasteiger partial charge is 0.226 e. The molecule has 21 heavy (non-hydrogen) atoms. The lowest BCUT2D eigenvalue weighted by atomic mass is 10.0. The van der Waals surface area contributed by atoms with Gasteiger partial charge < -0.3 is 15.4 Å². The summed E-state index contributed by atoms with van der Waals surface area (Å²) in [5.41, 5.74) is 4.17. The Kier molecular flexibility index (Phi) is 2.81. The average molecular weight is 280 g/mol. The molecule has 0 bridgehead atoms. The number of para-hydroxylation sites is 2. The number of rotatable bonds is 1. The molecule has 4 heteroatoms. The molecule has 2 aliphatic heterocycles. The molecule has 0 saturated heterocycles. The minimum atomic E-state index is -0.000137. The van der Waals surface area contributed by atoms with E-state index in [1.165, 1.54) is 5.56 Å². The van der Waals surface area contributed by atoms with Crippen LogP contribution in [-0.4, -0.2) is 12.5 Å². The predicted octanol–water partition coefficient (Wildman–Crippen LogP) is 3.12. The number of hydrogen-bond acceptors (Lipinski definition) is 3. The van der Waals surface area contributed by atoms with Crippen molar-refractivity contribution in [1.29, 1.82) is 0 Å². The number of amides is 1. The van der Waals surface area contributed by atoms with Crippen molar-refractivity contribution in [2.24, 2.45) is 0 Å². The minimum Gasteiger partial charge on any atom is -0.485 e. The first-order valence-electron chi connectivity index (χ1n) is 7.22. The molecule has 0 aliphatic carbocycles. The van der Waals surface area contributed by atoms with Gasteiger partial charge in [-0.05, 0) is 17.7 Å². The van der Waals surface area contributed by atoms with Crippen molar-refractivity contribution in [2.75, 3.05) is 17.2 Å². The van der Waals surface area contributed by atoms with Gasteiger partial charge in [-0.2, -0.15) is 0 Å². The topological polar surface area (TPSA) is 50.4 Å². The van der Waals surface area contributed by atoms with Gasteiger partial charge in [-0.1, -0.05) is 30.3 Å². The van der Waals surface area contributed by atoms with E-state index in [1.54, 1.807) is 0 Å². The van der Waals surface area contributed by atoms with E-state index < -0.39 is 0 Å². The first kappa shape index (κ1) is 12.3. The molecule has 0 fully saturated rings. The van der Waals surface area contributed by atoms with Crippen LogP contribution in [0.4, 0.5) is 11.4 Å². The zero-order valence-electron chi connectivity index (χ0n) is 11.6. The normalized spacial score (nSPS) is 19.6. The summed E-state index contributed by atoms with van der Waals surface area (Å²) in [5.74, 6) is 1.01. The third-order valence-corrected chi connectivity index (χ3v) is 4.02. The number of nitrogens with one attached hydrogen (secondary N) is 2. The van der Waals surface area contributed by atoms with Crippen LogP contribution in [0.1, 0.15) is 23.7 Å². The van der Waals surface area contributed by atoms with Crippen molar-refractivity contribution in [1.82, 2.24) is 0 Å². The van der Waals surface area contributed by atoms with Crippen LogP contribution in [0.3, 0.4) is 0 Å². The van der Waals surface area contributed by atoms with E-state index in [0.29, 0.717) is 13.0 Å². The number of hydrogen-bond donors (Lipinski definition) is 2. The molecule has 1 unspecified atom stereocenters. The van der Waals surface area contributed by atoms with E-state index in [-0.39, 0.29) is 12.0 Å². The second kappa shape index (κ2) is 4.81. The Morgan fingerprint density at radius 2 is 2.00 bits per heavy atom. The van der Waals surface area contributed by atoms with E-state index >= 15 is 0 Å². The number of carbonyl (C=O) groups excluding carboxylic acids is 1. The molecule has 2 aliphatic rings. The van der Waals surface area contributed by atoms with Crippen molar-refractivity contribution < 1.29 is 9.53 Å². The van der Waals surface area contributed by atoms with E-state index in [0.717, 1.165) is 29.1 Å². The third kappa shape index (κ3) is 2.13. The molecule has 0 aromatic heterocycles. The second-order valence-electron chi connectivity index (χ2n) is 5.41. The molecule has 0 saturated carbocycles. The van der Waals surface area contributed by atoms with Crippen LogP contribution in [0.5, 0.6) is 5.75 Å². The first-order chi connectivity index (χ1) is 10.3. The maximum absolute atomic E-state index is 11.7. The fourth-order valence-corrected chi connectivity index (χ4v) is 3.01. The van der Waals surface area contributed by atoms with Crippen LogP contribution >= 0.6 is 0 Å². The first-order valence-corrected chi connectivity index (χ1v) is 7.22. The van der Waals surface area contributed by atoms with Crippen molar-refractivity contribution in [3.8, 4) is 5.75 Å². The number of benzene rings is 2. The standard InChI is InChI=1S/C17H16N2O2/c20-16-8-9-18-17-12(5-3-6-13(17)19-16)15-10-11-4-1-2-7-14(11)21-15/h1-7,15,18H,8-10H2,(H,19,20). The van der Waals surface area contributed by atoms with E-state index in [2.05, 4.69) is 22.8 Å². The van der Waals surface area contributed by atoms with Gasteiger partial charge in [0, 0.05) is 24.9 Å². The van der Waals surface area contributed by atoms with Gasteiger partial charge in [0.1, 0.15) is 11.9 Å². The van der Waals surface area contributed by atoms with E-state index in [1.807, 2.05) is 30.3 Å². The number of fused-ring (bicyclic) bond motifs is 2. The van der Waals surface area contributed by atoms with Gasteiger partial charge in [-0.25, -0.2) is 0 Å². The lowest BCUT2D eigenvalue weighted by Crippen LogP contribution is -2.10. The zero-order valence-corrected chi connectivity index (χ0v) is 11.6. The lowest BCUT2D eigenvalue weighted by Gasteiger charge is -2.18. The van der Waals surface area contributed by atoms with Crippen molar-refractivity contribution in [3.05, 3.63) is 53.6 Å². The lowest BCUT2D eigenvalue weighted by molar-refractivity contribution is -0.115. The molecular weight excluding hydrogens is 264 g/mol. The Balaban J connectivity index is 1.71. The summed E-state index contributed by atoms with van der Waals surface area (Å²) in [5, 5.41) is 6.31. The molecule has 2 N–H and O–H groups in total. The third-order valence-electron chi connectivity index (χ3n) is 4.02. The maximum atomic E-state index is 11.7. The molecule has 1 atom stereocenters. The minimum absolute atomic E-state index is 0.000137. The maximum Gasteiger partial charge on any atom is 0.226 e. The van der Waals surface area contributed by atoms with Crippen LogP contribution in [0.2, 0.25) is 0 Å². The summed E-state index contributed by atoms with van der Waals surface area (Å²) in [4.78, 5) is 11.7. The summed E-state index contributed by atoms with van der Waals surface area (Å²) < 4.78 is 6.07. The van der Waals surface area contributed by atoms with Gasteiger partial charge in [0.05, 0.1) is 11.4 Å². The van der Waals surface area contributed by atoms with Crippen molar-refractivity contribution >= 4 is 17.3 Å². The highest BCUT2D eigenvalue weighted by atomic mass is 16.5. The second-order valence-corrected chi connectivity index (χ2v) is 5.41. The van der Waals surface area contributed by atoms with Gasteiger partial charge in [0.25, 0.3) is 0 Å². The van der Waals surface area contributed by atoms with Crippen molar-refractivity contribution in [2.45, 2.75) is 18.9 Å². The number of carbonyl (C=O) groups is 1. The highest BCUT2D eigenvalue weighted by Gasteiger charge is 2.27. The molecule has 106 valence electrons. The van der Waals surface area contributed by atoms with Gasteiger partial charge in [-0.15, -0.1) is 0 Å². The Morgan fingerprint density at radius 3 is 2.90 bits per heavy atom.